The van der Waals surface area contributed by atoms with Crippen LogP contribution in [0.25, 0.3) is 0 Å². The minimum atomic E-state index is -1.21. The number of carboxylic acid groups (broad SMARTS) is 1. The first kappa shape index (κ1) is 26.3. The number of pyridine rings is 1. The third-order valence-corrected chi connectivity index (χ3v) is 5.14. The molecule has 188 valence electrons. The van der Waals surface area contributed by atoms with Crippen LogP contribution in [0.2, 0.25) is 0 Å². The molecule has 0 aliphatic heterocycles. The quantitative estimate of drug-likeness (QED) is 0.398. The molecule has 0 bridgehead atoms. The number of hydrogen-bond donors (Lipinski definition) is 2. The first-order valence-electron chi connectivity index (χ1n) is 11.1. The van der Waals surface area contributed by atoms with Gasteiger partial charge < -0.3 is 14.6 Å². The second kappa shape index (κ2) is 11.0. The topological polar surface area (TPSA) is 115 Å². The number of ether oxygens (including phenoxy) is 2. The summed E-state index contributed by atoms with van der Waals surface area (Å²) in [4.78, 5) is 41.8. The Labute approximate surface area is 208 Å². The number of carboxylic acids is 1. The Bertz CT molecular complexity index is 1290. The van der Waals surface area contributed by atoms with Crippen molar-refractivity contribution in [2.45, 2.75) is 38.7 Å². The average Bonchev–Trinajstić information content (AvgIpc) is 2.81. The molecule has 0 saturated carbocycles. The van der Waals surface area contributed by atoms with Crippen molar-refractivity contribution in [2.24, 2.45) is 0 Å². The van der Waals surface area contributed by atoms with E-state index in [0.717, 1.165) is 6.07 Å². The molecular weight excluding hydrogens is 467 g/mol. The number of carbonyl (C=O) groups excluding carboxylic acids is 2. The Kier molecular flexibility index (Phi) is 8.03. The third-order valence-electron chi connectivity index (χ3n) is 5.14. The number of nitrogens with zero attached hydrogens (tertiary/aromatic N) is 1. The van der Waals surface area contributed by atoms with Crippen LogP contribution in [0.5, 0.6) is 5.75 Å². The van der Waals surface area contributed by atoms with E-state index in [-0.39, 0.29) is 23.4 Å². The normalized spacial score (nSPS) is 11.9. The summed E-state index contributed by atoms with van der Waals surface area (Å²) >= 11 is 0. The maximum atomic E-state index is 13.9. The van der Waals surface area contributed by atoms with Gasteiger partial charge in [-0.3, -0.25) is 10.1 Å². The maximum absolute atomic E-state index is 13.9. The highest BCUT2D eigenvalue weighted by Gasteiger charge is 2.28. The molecule has 1 unspecified atom stereocenters. The molecule has 0 fully saturated rings. The molecule has 9 heteroatoms. The van der Waals surface area contributed by atoms with E-state index < -0.39 is 35.2 Å². The van der Waals surface area contributed by atoms with Gasteiger partial charge in [0.1, 0.15) is 22.9 Å². The molecule has 0 spiro atoms. The summed E-state index contributed by atoms with van der Waals surface area (Å²) in [7, 11) is 1.46. The fourth-order valence-corrected chi connectivity index (χ4v) is 3.60. The minimum absolute atomic E-state index is 0.00814. The number of hydrogen-bond acceptors (Lipinski definition) is 6. The van der Waals surface area contributed by atoms with E-state index >= 15 is 0 Å². The molecule has 1 aromatic heterocycles. The number of aromatic nitrogens is 1. The maximum Gasteiger partial charge on any atom is 0.412 e. The largest absolute Gasteiger partial charge is 0.497 e. The minimum Gasteiger partial charge on any atom is -0.497 e. The molecule has 2 aromatic carbocycles. The number of methoxy groups -OCH3 is 1. The molecule has 0 radical (unpaired) electrons. The van der Waals surface area contributed by atoms with Crippen molar-refractivity contribution in [3.8, 4) is 5.75 Å². The van der Waals surface area contributed by atoms with Gasteiger partial charge >= 0.3 is 12.1 Å². The lowest BCUT2D eigenvalue weighted by atomic mass is 9.85. The van der Waals surface area contributed by atoms with Crippen LogP contribution < -0.4 is 10.1 Å². The monoisotopic (exact) mass is 494 g/mol. The van der Waals surface area contributed by atoms with E-state index in [0.29, 0.717) is 17.0 Å². The first-order chi connectivity index (χ1) is 17.0. The molecule has 0 saturated heterocycles. The van der Waals surface area contributed by atoms with Crippen molar-refractivity contribution in [3.63, 3.8) is 0 Å². The van der Waals surface area contributed by atoms with Crippen molar-refractivity contribution in [3.05, 3.63) is 89.0 Å². The Morgan fingerprint density at radius 1 is 1.06 bits per heavy atom. The second-order valence-corrected chi connectivity index (χ2v) is 9.03. The number of halogens is 1. The Balaban J connectivity index is 2.10. The van der Waals surface area contributed by atoms with E-state index in [1.54, 1.807) is 45.0 Å². The van der Waals surface area contributed by atoms with Crippen molar-refractivity contribution >= 4 is 23.5 Å². The molecule has 1 heterocycles. The van der Waals surface area contributed by atoms with Crippen LogP contribution in [0.1, 0.15) is 58.8 Å². The Morgan fingerprint density at radius 2 is 1.78 bits per heavy atom. The van der Waals surface area contributed by atoms with Crippen LogP contribution in [0.15, 0.2) is 60.7 Å². The van der Waals surface area contributed by atoms with E-state index in [9.17, 15) is 23.9 Å². The van der Waals surface area contributed by atoms with Gasteiger partial charge in [-0.05, 0) is 56.7 Å². The Morgan fingerprint density at radius 3 is 2.42 bits per heavy atom. The van der Waals surface area contributed by atoms with Crippen LogP contribution >= 0.6 is 0 Å². The highest BCUT2D eigenvalue weighted by Crippen LogP contribution is 2.34. The summed E-state index contributed by atoms with van der Waals surface area (Å²) in [5.41, 5.74) is 0.177. The summed E-state index contributed by atoms with van der Waals surface area (Å²) in [5, 5.41) is 12.0. The number of anilines is 1. The number of amides is 1. The number of carbonyl (C=O) groups is 3. The van der Waals surface area contributed by atoms with Crippen LogP contribution in [-0.2, 0) is 11.2 Å². The third kappa shape index (κ3) is 6.88. The van der Waals surface area contributed by atoms with Crippen LogP contribution in [-0.4, -0.2) is 40.6 Å². The van der Waals surface area contributed by atoms with Crippen LogP contribution in [0.3, 0.4) is 0 Å². The van der Waals surface area contributed by atoms with Crippen molar-refractivity contribution in [1.82, 2.24) is 4.98 Å². The molecule has 2 N–H and O–H groups in total. The van der Waals surface area contributed by atoms with Gasteiger partial charge in [0, 0.05) is 23.7 Å². The summed E-state index contributed by atoms with van der Waals surface area (Å²) < 4.78 is 24.6. The summed E-state index contributed by atoms with van der Waals surface area (Å²) in [6.07, 6.45) is -0.744. The van der Waals surface area contributed by atoms with Crippen molar-refractivity contribution in [2.75, 3.05) is 12.4 Å². The van der Waals surface area contributed by atoms with Crippen molar-refractivity contribution < 1.29 is 33.4 Å². The van der Waals surface area contributed by atoms with Crippen LogP contribution in [0, 0.1) is 5.82 Å². The zero-order valence-corrected chi connectivity index (χ0v) is 20.4. The Hall–Kier alpha value is -4.27. The van der Waals surface area contributed by atoms with Gasteiger partial charge in [0.05, 0.1) is 18.7 Å². The SMILES string of the molecule is COc1ccc(C(Cc2cccc(C(=O)O)n2)C(=O)c2cccc(F)c2)c(NC(=O)OC(C)(C)C)c1. The molecule has 0 aliphatic rings. The van der Waals surface area contributed by atoms with Gasteiger partial charge in [0.25, 0.3) is 0 Å². The number of Topliss-reactive ketones (excluding diaryl/α,β-unsaturated/α-hetero) is 1. The first-order valence-corrected chi connectivity index (χ1v) is 11.1. The molecule has 3 aromatic rings. The number of benzene rings is 2. The average molecular weight is 495 g/mol. The van der Waals surface area contributed by atoms with E-state index in [2.05, 4.69) is 10.3 Å². The highest BCUT2D eigenvalue weighted by atomic mass is 19.1. The molecule has 1 amide bonds. The lowest BCUT2D eigenvalue weighted by Crippen LogP contribution is -2.28. The molecule has 8 nitrogen and oxygen atoms in total. The lowest BCUT2D eigenvalue weighted by Gasteiger charge is -2.23. The lowest BCUT2D eigenvalue weighted by molar-refractivity contribution is 0.0633. The fraction of sp³-hybridized carbons (Fsp3) is 0.259. The van der Waals surface area contributed by atoms with Gasteiger partial charge in [-0.15, -0.1) is 0 Å². The predicted octanol–water partition coefficient (Wildman–Crippen LogP) is 5.48. The van der Waals surface area contributed by atoms with Gasteiger partial charge in [0.2, 0.25) is 0 Å². The highest BCUT2D eigenvalue weighted by molar-refractivity contribution is 6.02. The van der Waals surface area contributed by atoms with Crippen LogP contribution in [0.4, 0.5) is 14.9 Å². The molecule has 3 rings (SSSR count). The zero-order chi connectivity index (χ0) is 26.5. The van der Waals surface area contributed by atoms with Gasteiger partial charge in [0.15, 0.2) is 5.78 Å². The number of ketones is 1. The second-order valence-electron chi connectivity index (χ2n) is 9.03. The fourth-order valence-electron chi connectivity index (χ4n) is 3.60. The standard InChI is InChI=1S/C27H27FN2O6/c1-27(2,3)36-26(34)30-23-15-19(35-4)11-12-20(23)21(24(31)16-7-5-8-17(28)13-16)14-18-9-6-10-22(29-18)25(32)33/h5-13,15,21H,14H2,1-4H3,(H,30,34)(H,32,33). The zero-order valence-electron chi connectivity index (χ0n) is 20.4. The summed E-state index contributed by atoms with van der Waals surface area (Å²) in [5.74, 6) is -2.74. The summed E-state index contributed by atoms with van der Waals surface area (Å²) in [6, 6.07) is 14.5. The van der Waals surface area contributed by atoms with Crippen molar-refractivity contribution in [1.29, 1.82) is 0 Å². The summed E-state index contributed by atoms with van der Waals surface area (Å²) in [6.45, 7) is 5.16. The van der Waals surface area contributed by atoms with Gasteiger partial charge in [-0.25, -0.2) is 19.0 Å². The van der Waals surface area contributed by atoms with E-state index in [1.807, 2.05) is 0 Å². The molecule has 36 heavy (non-hydrogen) atoms. The number of rotatable bonds is 8. The van der Waals surface area contributed by atoms with E-state index in [4.69, 9.17) is 9.47 Å². The molecule has 1 atom stereocenters. The predicted molar refractivity (Wildman–Crippen MR) is 131 cm³/mol. The number of aromatic carboxylic acids is 1. The van der Waals surface area contributed by atoms with Gasteiger partial charge in [-0.2, -0.15) is 0 Å². The molecular formula is C27H27FN2O6. The van der Waals surface area contributed by atoms with E-state index in [1.165, 1.54) is 37.4 Å². The smallest absolute Gasteiger partial charge is 0.412 e. The molecule has 0 aliphatic carbocycles. The number of nitrogens with one attached hydrogen (secondary N) is 1. The van der Waals surface area contributed by atoms with Gasteiger partial charge in [-0.1, -0.05) is 24.3 Å².